The Kier molecular flexibility index (Phi) is 2.79. The van der Waals surface area contributed by atoms with E-state index in [0.717, 1.165) is 10.9 Å². The standard InChI is InChI=1S/C16H13FN2O/c1-9-6-7-10(12(17)8-9)14-11-4-2-3-5-13(11)19-16(20)15(14)18/h2-8H,18H2,1H3,(H,19,20). The Morgan fingerprint density at radius 1 is 1.15 bits per heavy atom. The third kappa shape index (κ3) is 1.86. The average molecular weight is 268 g/mol. The second kappa shape index (κ2) is 4.49. The third-order valence-electron chi connectivity index (χ3n) is 3.35. The quantitative estimate of drug-likeness (QED) is 0.712. The van der Waals surface area contributed by atoms with Crippen molar-refractivity contribution in [3.8, 4) is 11.1 Å². The molecule has 0 spiro atoms. The molecule has 3 N–H and O–H groups in total. The van der Waals surface area contributed by atoms with Crippen molar-refractivity contribution in [3.63, 3.8) is 0 Å². The highest BCUT2D eigenvalue weighted by molar-refractivity contribution is 6.00. The molecule has 0 atom stereocenters. The predicted octanol–water partition coefficient (Wildman–Crippen LogP) is 3.22. The minimum Gasteiger partial charge on any atom is -0.394 e. The lowest BCUT2D eigenvalue weighted by atomic mass is 9.98. The van der Waals surface area contributed by atoms with Gasteiger partial charge in [-0.25, -0.2) is 4.39 Å². The second-order valence-corrected chi connectivity index (χ2v) is 4.77. The number of aryl methyl sites for hydroxylation is 1. The maximum atomic E-state index is 14.2. The summed E-state index contributed by atoms with van der Waals surface area (Å²) in [6, 6.07) is 12.1. The lowest BCUT2D eigenvalue weighted by Crippen LogP contribution is -2.13. The Bertz CT molecular complexity index is 868. The van der Waals surface area contributed by atoms with Gasteiger partial charge >= 0.3 is 0 Å². The number of hydrogen-bond acceptors (Lipinski definition) is 2. The number of hydrogen-bond donors (Lipinski definition) is 2. The van der Waals surface area contributed by atoms with Gasteiger partial charge in [0.25, 0.3) is 5.56 Å². The molecular weight excluding hydrogens is 255 g/mol. The van der Waals surface area contributed by atoms with Gasteiger partial charge < -0.3 is 10.7 Å². The molecule has 3 rings (SSSR count). The van der Waals surface area contributed by atoms with Crippen LogP contribution in [0.1, 0.15) is 5.56 Å². The monoisotopic (exact) mass is 268 g/mol. The highest BCUT2D eigenvalue weighted by Gasteiger charge is 2.15. The van der Waals surface area contributed by atoms with Gasteiger partial charge in [0.05, 0.1) is 0 Å². The minimum absolute atomic E-state index is 0.0338. The molecule has 0 unspecified atom stereocenters. The number of aromatic nitrogens is 1. The Morgan fingerprint density at radius 2 is 1.90 bits per heavy atom. The molecule has 2 aromatic carbocycles. The van der Waals surface area contributed by atoms with E-state index in [4.69, 9.17) is 5.73 Å². The molecule has 3 aromatic rings. The van der Waals surface area contributed by atoms with Gasteiger partial charge in [-0.05, 0) is 24.6 Å². The summed E-state index contributed by atoms with van der Waals surface area (Å²) in [4.78, 5) is 14.6. The van der Waals surface area contributed by atoms with Crippen molar-refractivity contribution in [2.75, 3.05) is 5.73 Å². The molecule has 0 aliphatic carbocycles. The van der Waals surface area contributed by atoms with E-state index >= 15 is 0 Å². The molecule has 0 radical (unpaired) electrons. The zero-order valence-electron chi connectivity index (χ0n) is 10.9. The molecule has 1 heterocycles. The van der Waals surface area contributed by atoms with E-state index in [9.17, 15) is 9.18 Å². The van der Waals surface area contributed by atoms with Gasteiger partial charge in [0, 0.05) is 22.0 Å². The maximum Gasteiger partial charge on any atom is 0.272 e. The lowest BCUT2D eigenvalue weighted by molar-refractivity contribution is 0.630. The van der Waals surface area contributed by atoms with E-state index in [1.165, 1.54) is 6.07 Å². The van der Waals surface area contributed by atoms with Gasteiger partial charge in [-0.1, -0.05) is 30.3 Å². The first-order valence-electron chi connectivity index (χ1n) is 6.25. The SMILES string of the molecule is Cc1ccc(-c2c(N)c(=O)[nH]c3ccccc23)c(F)c1. The summed E-state index contributed by atoms with van der Waals surface area (Å²) in [6.07, 6.45) is 0. The zero-order valence-corrected chi connectivity index (χ0v) is 10.9. The van der Waals surface area contributed by atoms with Crippen molar-refractivity contribution in [2.24, 2.45) is 0 Å². The van der Waals surface area contributed by atoms with Crippen LogP contribution in [0, 0.1) is 12.7 Å². The molecule has 0 aliphatic rings. The van der Waals surface area contributed by atoms with Crippen LogP contribution in [0.4, 0.5) is 10.1 Å². The first-order valence-corrected chi connectivity index (χ1v) is 6.25. The van der Waals surface area contributed by atoms with E-state index in [2.05, 4.69) is 4.98 Å². The first-order chi connectivity index (χ1) is 9.58. The molecule has 0 saturated heterocycles. The van der Waals surface area contributed by atoms with Crippen molar-refractivity contribution in [1.29, 1.82) is 0 Å². The highest BCUT2D eigenvalue weighted by atomic mass is 19.1. The van der Waals surface area contributed by atoms with Crippen molar-refractivity contribution in [3.05, 3.63) is 64.2 Å². The fourth-order valence-electron chi connectivity index (χ4n) is 2.37. The number of pyridine rings is 1. The van der Waals surface area contributed by atoms with Crippen LogP contribution < -0.4 is 11.3 Å². The van der Waals surface area contributed by atoms with Crippen LogP contribution in [0.3, 0.4) is 0 Å². The predicted molar refractivity (Wildman–Crippen MR) is 79.1 cm³/mol. The van der Waals surface area contributed by atoms with Gasteiger partial charge in [0.2, 0.25) is 0 Å². The number of benzene rings is 2. The molecule has 4 heteroatoms. The Morgan fingerprint density at radius 3 is 2.65 bits per heavy atom. The van der Waals surface area contributed by atoms with Gasteiger partial charge in [0.1, 0.15) is 11.5 Å². The zero-order chi connectivity index (χ0) is 14.3. The van der Waals surface area contributed by atoms with Crippen molar-refractivity contribution < 1.29 is 4.39 Å². The van der Waals surface area contributed by atoms with Crippen LogP contribution in [0.15, 0.2) is 47.3 Å². The number of H-pyrrole nitrogens is 1. The highest BCUT2D eigenvalue weighted by Crippen LogP contribution is 2.32. The smallest absolute Gasteiger partial charge is 0.272 e. The first kappa shape index (κ1) is 12.4. The number of para-hydroxylation sites is 1. The van der Waals surface area contributed by atoms with E-state index in [-0.39, 0.29) is 11.5 Å². The van der Waals surface area contributed by atoms with Crippen LogP contribution >= 0.6 is 0 Å². The molecule has 0 aliphatic heterocycles. The summed E-state index contributed by atoms with van der Waals surface area (Å²) in [5.41, 5.74) is 7.76. The van der Waals surface area contributed by atoms with Crippen LogP contribution in [-0.2, 0) is 0 Å². The third-order valence-corrected chi connectivity index (χ3v) is 3.35. The average Bonchev–Trinajstić information content (AvgIpc) is 2.42. The molecular formula is C16H13FN2O. The molecule has 0 bridgehead atoms. The van der Waals surface area contributed by atoms with E-state index in [1.54, 1.807) is 18.2 Å². The number of aromatic amines is 1. The number of anilines is 1. The van der Waals surface area contributed by atoms with Crippen LogP contribution in [0.25, 0.3) is 22.0 Å². The Labute approximate surface area is 114 Å². The Hall–Kier alpha value is -2.62. The molecule has 1 aromatic heterocycles. The van der Waals surface area contributed by atoms with Crippen LogP contribution in [-0.4, -0.2) is 4.98 Å². The van der Waals surface area contributed by atoms with Gasteiger partial charge in [-0.15, -0.1) is 0 Å². The van der Waals surface area contributed by atoms with Crippen molar-refractivity contribution in [1.82, 2.24) is 4.98 Å². The molecule has 0 saturated carbocycles. The van der Waals surface area contributed by atoms with E-state index in [0.29, 0.717) is 16.6 Å². The van der Waals surface area contributed by atoms with E-state index in [1.807, 2.05) is 25.1 Å². The normalized spacial score (nSPS) is 10.9. The number of rotatable bonds is 1. The lowest BCUT2D eigenvalue weighted by Gasteiger charge is -2.11. The largest absolute Gasteiger partial charge is 0.394 e. The van der Waals surface area contributed by atoms with Crippen molar-refractivity contribution in [2.45, 2.75) is 6.92 Å². The van der Waals surface area contributed by atoms with Crippen molar-refractivity contribution >= 4 is 16.6 Å². The summed E-state index contributed by atoms with van der Waals surface area (Å²) in [6.45, 7) is 1.81. The van der Waals surface area contributed by atoms with Gasteiger partial charge in [-0.3, -0.25) is 4.79 Å². The second-order valence-electron chi connectivity index (χ2n) is 4.77. The maximum absolute atomic E-state index is 14.2. The van der Waals surface area contributed by atoms with Crippen LogP contribution in [0.5, 0.6) is 0 Å². The topological polar surface area (TPSA) is 58.9 Å². The molecule has 3 nitrogen and oxygen atoms in total. The minimum atomic E-state index is -0.404. The van der Waals surface area contributed by atoms with Gasteiger partial charge in [-0.2, -0.15) is 0 Å². The molecule has 0 amide bonds. The number of fused-ring (bicyclic) bond motifs is 1. The number of nitrogens with two attached hydrogens (primary N) is 1. The fourth-order valence-corrected chi connectivity index (χ4v) is 2.37. The summed E-state index contributed by atoms with van der Waals surface area (Å²) in [5.74, 6) is -0.382. The summed E-state index contributed by atoms with van der Waals surface area (Å²) >= 11 is 0. The van der Waals surface area contributed by atoms with Crippen LogP contribution in [0.2, 0.25) is 0 Å². The molecule has 0 fully saturated rings. The summed E-state index contributed by atoms with van der Waals surface area (Å²) in [5, 5.41) is 0.729. The number of nitrogens with one attached hydrogen (secondary N) is 1. The van der Waals surface area contributed by atoms with E-state index < -0.39 is 5.56 Å². The number of halogens is 1. The Balaban J connectivity index is 2.46. The van der Waals surface area contributed by atoms with Gasteiger partial charge in [0.15, 0.2) is 0 Å². The fraction of sp³-hybridized carbons (Fsp3) is 0.0625. The molecule has 100 valence electrons. The number of nitrogen functional groups attached to an aromatic ring is 1. The molecule has 20 heavy (non-hydrogen) atoms. The summed E-state index contributed by atoms with van der Waals surface area (Å²) < 4.78 is 14.2. The summed E-state index contributed by atoms with van der Waals surface area (Å²) in [7, 11) is 0.